The van der Waals surface area contributed by atoms with Gasteiger partial charge in [-0.05, 0) is 23.8 Å². The van der Waals surface area contributed by atoms with Crippen LogP contribution in [0.4, 0.5) is 15.6 Å². The van der Waals surface area contributed by atoms with Gasteiger partial charge in [-0.25, -0.2) is 4.79 Å². The molecule has 0 bridgehead atoms. The van der Waals surface area contributed by atoms with E-state index in [2.05, 4.69) is 31.9 Å². The van der Waals surface area contributed by atoms with Crippen molar-refractivity contribution in [2.45, 2.75) is 6.42 Å². The quantitative estimate of drug-likeness (QED) is 0.515. The number of aromatic amines is 1. The van der Waals surface area contributed by atoms with Crippen LogP contribution < -0.4 is 10.6 Å². The maximum Gasteiger partial charge on any atom is 0.325 e. The van der Waals surface area contributed by atoms with Crippen molar-refractivity contribution in [1.29, 1.82) is 0 Å². The van der Waals surface area contributed by atoms with Gasteiger partial charge in [-0.3, -0.25) is 5.32 Å². The maximum absolute atomic E-state index is 12.0. The van der Waals surface area contributed by atoms with E-state index in [0.717, 1.165) is 21.8 Å². The Labute approximate surface area is 147 Å². The number of amides is 2. The third-order valence-electron chi connectivity index (χ3n) is 3.74. The van der Waals surface area contributed by atoms with E-state index in [4.69, 9.17) is 0 Å². The number of H-pyrrole nitrogens is 1. The lowest BCUT2D eigenvalue weighted by Gasteiger charge is -2.03. The number of carbonyl (C=O) groups is 1. The standard InChI is InChI=1S/C18H15N5OS/c24-17(20-13-6-2-1-3-7-13)21-18-23-22-16(25-18)10-12-11-19-15-9-5-4-8-14(12)15/h1-9,11,19H,10H2,(H2,20,21,23,24). The SMILES string of the molecule is O=C(Nc1ccccc1)Nc1nnc(Cc2c[nH]c3ccccc23)s1. The van der Waals surface area contributed by atoms with Crippen LogP contribution in [-0.4, -0.2) is 21.2 Å². The summed E-state index contributed by atoms with van der Waals surface area (Å²) in [7, 11) is 0. The summed E-state index contributed by atoms with van der Waals surface area (Å²) in [5.41, 5.74) is 2.98. The van der Waals surface area contributed by atoms with Crippen molar-refractivity contribution in [2.75, 3.05) is 10.6 Å². The molecule has 0 aliphatic rings. The second-order valence-corrected chi connectivity index (χ2v) is 6.54. The molecule has 0 fully saturated rings. The number of benzene rings is 2. The zero-order valence-electron chi connectivity index (χ0n) is 13.2. The molecular weight excluding hydrogens is 334 g/mol. The molecule has 2 heterocycles. The molecule has 2 amide bonds. The summed E-state index contributed by atoms with van der Waals surface area (Å²) in [6, 6.07) is 17.1. The van der Waals surface area contributed by atoms with Crippen LogP contribution in [0.3, 0.4) is 0 Å². The molecule has 0 atom stereocenters. The van der Waals surface area contributed by atoms with Crippen LogP contribution in [0, 0.1) is 0 Å². The fraction of sp³-hybridized carbons (Fsp3) is 0.0556. The van der Waals surface area contributed by atoms with Gasteiger partial charge in [0.1, 0.15) is 5.01 Å². The maximum atomic E-state index is 12.0. The Bertz CT molecular complexity index is 1010. The van der Waals surface area contributed by atoms with E-state index >= 15 is 0 Å². The fourth-order valence-electron chi connectivity index (χ4n) is 2.60. The molecule has 4 rings (SSSR count). The van der Waals surface area contributed by atoms with Crippen LogP contribution in [0.25, 0.3) is 10.9 Å². The highest BCUT2D eigenvalue weighted by molar-refractivity contribution is 7.15. The summed E-state index contributed by atoms with van der Waals surface area (Å²) in [6.07, 6.45) is 2.66. The zero-order chi connectivity index (χ0) is 17.1. The van der Waals surface area contributed by atoms with E-state index < -0.39 is 0 Å². The Morgan fingerprint density at radius 3 is 2.68 bits per heavy atom. The number of hydrogen-bond donors (Lipinski definition) is 3. The van der Waals surface area contributed by atoms with Crippen molar-refractivity contribution in [3.8, 4) is 0 Å². The summed E-state index contributed by atoms with van der Waals surface area (Å²) in [6.45, 7) is 0. The Hall–Kier alpha value is -3.19. The van der Waals surface area contributed by atoms with Gasteiger partial charge in [0.05, 0.1) is 0 Å². The molecule has 0 saturated carbocycles. The number of carbonyl (C=O) groups excluding carboxylic acids is 1. The number of nitrogens with zero attached hydrogens (tertiary/aromatic N) is 2. The van der Waals surface area contributed by atoms with Gasteiger partial charge in [0, 0.05) is 29.2 Å². The molecule has 0 aliphatic heterocycles. The smallest absolute Gasteiger partial charge is 0.325 e. The van der Waals surface area contributed by atoms with Crippen LogP contribution in [0.5, 0.6) is 0 Å². The van der Waals surface area contributed by atoms with Gasteiger partial charge in [-0.1, -0.05) is 47.7 Å². The number of aromatic nitrogens is 3. The number of anilines is 2. The summed E-state index contributed by atoms with van der Waals surface area (Å²) in [5.74, 6) is 0. The molecule has 7 heteroatoms. The largest absolute Gasteiger partial charge is 0.361 e. The summed E-state index contributed by atoms with van der Waals surface area (Å²) in [5, 5.41) is 16.2. The molecule has 0 radical (unpaired) electrons. The number of para-hydroxylation sites is 2. The monoisotopic (exact) mass is 349 g/mol. The molecule has 0 saturated heterocycles. The van der Waals surface area contributed by atoms with E-state index in [1.807, 2.05) is 54.7 Å². The molecule has 6 nitrogen and oxygen atoms in total. The van der Waals surface area contributed by atoms with Gasteiger partial charge >= 0.3 is 6.03 Å². The second kappa shape index (κ2) is 6.74. The predicted molar refractivity (Wildman–Crippen MR) is 100 cm³/mol. The minimum Gasteiger partial charge on any atom is -0.361 e. The highest BCUT2D eigenvalue weighted by Crippen LogP contribution is 2.23. The Morgan fingerprint density at radius 2 is 1.80 bits per heavy atom. The first-order chi connectivity index (χ1) is 12.3. The average molecular weight is 349 g/mol. The number of nitrogens with one attached hydrogen (secondary N) is 3. The first kappa shape index (κ1) is 15.3. The van der Waals surface area contributed by atoms with Crippen molar-refractivity contribution >= 4 is 39.1 Å². The third kappa shape index (κ3) is 3.51. The molecular formula is C18H15N5OS. The first-order valence-electron chi connectivity index (χ1n) is 7.78. The van der Waals surface area contributed by atoms with Crippen LogP contribution in [0.2, 0.25) is 0 Å². The minimum atomic E-state index is -0.332. The Morgan fingerprint density at radius 1 is 1.00 bits per heavy atom. The normalized spacial score (nSPS) is 10.7. The number of urea groups is 1. The van der Waals surface area contributed by atoms with E-state index in [1.54, 1.807) is 0 Å². The molecule has 0 unspecified atom stereocenters. The lowest BCUT2D eigenvalue weighted by Crippen LogP contribution is -2.19. The fourth-order valence-corrected chi connectivity index (χ4v) is 3.36. The lowest BCUT2D eigenvalue weighted by molar-refractivity contribution is 0.262. The van der Waals surface area contributed by atoms with Gasteiger partial charge in [0.15, 0.2) is 0 Å². The molecule has 2 aromatic carbocycles. The molecule has 0 aliphatic carbocycles. The molecule has 3 N–H and O–H groups in total. The van der Waals surface area contributed by atoms with Gasteiger partial charge in [-0.2, -0.15) is 0 Å². The number of fused-ring (bicyclic) bond motifs is 1. The summed E-state index contributed by atoms with van der Waals surface area (Å²) in [4.78, 5) is 15.2. The van der Waals surface area contributed by atoms with E-state index in [0.29, 0.717) is 11.6 Å². The van der Waals surface area contributed by atoms with Crippen LogP contribution >= 0.6 is 11.3 Å². The highest BCUT2D eigenvalue weighted by atomic mass is 32.1. The minimum absolute atomic E-state index is 0.332. The van der Waals surface area contributed by atoms with Crippen molar-refractivity contribution in [3.63, 3.8) is 0 Å². The van der Waals surface area contributed by atoms with Crippen molar-refractivity contribution in [1.82, 2.24) is 15.2 Å². The second-order valence-electron chi connectivity index (χ2n) is 5.48. The molecule has 0 spiro atoms. The van der Waals surface area contributed by atoms with Crippen molar-refractivity contribution in [3.05, 3.63) is 71.4 Å². The molecule has 4 aromatic rings. The lowest BCUT2D eigenvalue weighted by atomic mass is 10.1. The predicted octanol–water partition coefficient (Wildman–Crippen LogP) is 4.25. The van der Waals surface area contributed by atoms with Gasteiger partial charge < -0.3 is 10.3 Å². The van der Waals surface area contributed by atoms with E-state index in [9.17, 15) is 4.79 Å². The number of hydrogen-bond acceptors (Lipinski definition) is 4. The van der Waals surface area contributed by atoms with E-state index in [1.165, 1.54) is 16.7 Å². The van der Waals surface area contributed by atoms with Gasteiger partial charge in [0.2, 0.25) is 5.13 Å². The van der Waals surface area contributed by atoms with Gasteiger partial charge in [-0.15, -0.1) is 10.2 Å². The Kier molecular flexibility index (Phi) is 4.14. The van der Waals surface area contributed by atoms with E-state index in [-0.39, 0.29) is 6.03 Å². The summed E-state index contributed by atoms with van der Waals surface area (Å²) < 4.78 is 0. The number of rotatable bonds is 4. The molecule has 25 heavy (non-hydrogen) atoms. The van der Waals surface area contributed by atoms with Crippen molar-refractivity contribution in [2.24, 2.45) is 0 Å². The molecule has 2 aromatic heterocycles. The summed E-state index contributed by atoms with van der Waals surface area (Å²) >= 11 is 1.37. The van der Waals surface area contributed by atoms with Gasteiger partial charge in [0.25, 0.3) is 0 Å². The van der Waals surface area contributed by atoms with Crippen LogP contribution in [0.1, 0.15) is 10.6 Å². The van der Waals surface area contributed by atoms with Crippen molar-refractivity contribution < 1.29 is 4.79 Å². The topological polar surface area (TPSA) is 82.7 Å². The third-order valence-corrected chi connectivity index (χ3v) is 4.57. The molecule has 124 valence electrons. The average Bonchev–Trinajstić information content (AvgIpc) is 3.23. The first-order valence-corrected chi connectivity index (χ1v) is 8.60. The van der Waals surface area contributed by atoms with Crippen LogP contribution in [-0.2, 0) is 6.42 Å². The Balaban J connectivity index is 1.43. The van der Waals surface area contributed by atoms with Crippen LogP contribution in [0.15, 0.2) is 60.8 Å². The highest BCUT2D eigenvalue weighted by Gasteiger charge is 2.11. The zero-order valence-corrected chi connectivity index (χ0v) is 14.0.